The van der Waals surface area contributed by atoms with E-state index in [2.05, 4.69) is 24.4 Å². The van der Waals surface area contributed by atoms with Crippen LogP contribution in [0.3, 0.4) is 0 Å². The second-order valence-corrected chi connectivity index (χ2v) is 4.83. The second kappa shape index (κ2) is 5.32. The molecule has 3 heteroatoms. The first-order valence-corrected chi connectivity index (χ1v) is 6.16. The van der Waals surface area contributed by atoms with Gasteiger partial charge >= 0.3 is 5.97 Å². The maximum Gasteiger partial charge on any atom is 0.306 e. The van der Waals surface area contributed by atoms with Crippen molar-refractivity contribution in [2.75, 3.05) is 13.1 Å². The van der Waals surface area contributed by atoms with Crippen molar-refractivity contribution in [3.63, 3.8) is 0 Å². The lowest BCUT2D eigenvalue weighted by Gasteiger charge is -2.29. The Bertz CT molecular complexity index is 403. The lowest BCUT2D eigenvalue weighted by atomic mass is 9.81. The molecule has 3 nitrogen and oxygen atoms in total. The van der Waals surface area contributed by atoms with Crippen LogP contribution in [0.2, 0.25) is 0 Å². The van der Waals surface area contributed by atoms with Crippen molar-refractivity contribution in [1.29, 1.82) is 0 Å². The Labute approximate surface area is 102 Å². The number of rotatable bonds is 3. The average molecular weight is 233 g/mol. The van der Waals surface area contributed by atoms with Gasteiger partial charge in [0.1, 0.15) is 0 Å². The summed E-state index contributed by atoms with van der Waals surface area (Å²) in [5.41, 5.74) is 2.52. The number of hydrogen-bond acceptors (Lipinski definition) is 2. The monoisotopic (exact) mass is 233 g/mol. The van der Waals surface area contributed by atoms with Gasteiger partial charge in [0.15, 0.2) is 0 Å². The number of aliphatic carboxylic acids is 1. The molecule has 0 aromatic heterocycles. The molecule has 1 heterocycles. The normalized spacial score (nSPS) is 24.5. The minimum atomic E-state index is -0.648. The molecule has 1 saturated heterocycles. The Balaban J connectivity index is 2.11. The molecule has 1 aliphatic rings. The van der Waals surface area contributed by atoms with E-state index >= 15 is 0 Å². The van der Waals surface area contributed by atoms with Crippen molar-refractivity contribution >= 4 is 5.97 Å². The number of carboxylic acids is 1. The Kier molecular flexibility index (Phi) is 3.79. The number of benzene rings is 1. The molecule has 92 valence electrons. The van der Waals surface area contributed by atoms with Crippen LogP contribution < -0.4 is 5.32 Å². The minimum Gasteiger partial charge on any atom is -0.481 e. The SMILES string of the molecule is Cc1ccccc1CC1CNCCC1C(=O)O. The van der Waals surface area contributed by atoms with Crippen molar-refractivity contribution in [2.45, 2.75) is 19.8 Å². The fourth-order valence-electron chi connectivity index (χ4n) is 2.58. The molecule has 0 aliphatic carbocycles. The summed E-state index contributed by atoms with van der Waals surface area (Å²) < 4.78 is 0. The summed E-state index contributed by atoms with van der Waals surface area (Å²) in [7, 11) is 0. The summed E-state index contributed by atoms with van der Waals surface area (Å²) in [4.78, 5) is 11.2. The molecule has 1 aromatic rings. The molecule has 2 N–H and O–H groups in total. The molecular weight excluding hydrogens is 214 g/mol. The predicted octanol–water partition coefficient (Wildman–Crippen LogP) is 1.85. The van der Waals surface area contributed by atoms with E-state index in [0.717, 1.165) is 25.9 Å². The van der Waals surface area contributed by atoms with E-state index in [4.69, 9.17) is 0 Å². The zero-order chi connectivity index (χ0) is 12.3. The summed E-state index contributed by atoms with van der Waals surface area (Å²) in [6.07, 6.45) is 1.60. The Hall–Kier alpha value is -1.35. The van der Waals surface area contributed by atoms with Gasteiger partial charge in [-0.15, -0.1) is 0 Å². The molecule has 2 atom stereocenters. The van der Waals surface area contributed by atoms with Gasteiger partial charge in [-0.25, -0.2) is 0 Å². The molecule has 2 rings (SSSR count). The molecule has 0 saturated carbocycles. The standard InChI is InChI=1S/C14H19NO2/c1-10-4-2-3-5-11(10)8-12-9-15-7-6-13(12)14(16)17/h2-5,12-13,15H,6-9H2,1H3,(H,16,17). The fraction of sp³-hybridized carbons (Fsp3) is 0.500. The van der Waals surface area contributed by atoms with Crippen molar-refractivity contribution < 1.29 is 9.90 Å². The summed E-state index contributed by atoms with van der Waals surface area (Å²) in [6, 6.07) is 8.23. The molecule has 1 fully saturated rings. The average Bonchev–Trinajstić information content (AvgIpc) is 2.32. The summed E-state index contributed by atoms with van der Waals surface area (Å²) in [5.74, 6) is -0.636. The van der Waals surface area contributed by atoms with Crippen molar-refractivity contribution in [3.05, 3.63) is 35.4 Å². The van der Waals surface area contributed by atoms with Crippen molar-refractivity contribution in [3.8, 4) is 0 Å². The highest BCUT2D eigenvalue weighted by atomic mass is 16.4. The van der Waals surface area contributed by atoms with Crippen LogP contribution in [0, 0.1) is 18.8 Å². The highest BCUT2D eigenvalue weighted by molar-refractivity contribution is 5.70. The molecular formula is C14H19NO2. The zero-order valence-corrected chi connectivity index (χ0v) is 10.1. The number of aryl methyl sites for hydroxylation is 1. The molecule has 0 amide bonds. The summed E-state index contributed by atoms with van der Waals surface area (Å²) in [6.45, 7) is 3.72. The van der Waals surface area contributed by atoms with Crippen LogP contribution in [0.5, 0.6) is 0 Å². The summed E-state index contributed by atoms with van der Waals surface area (Å²) in [5, 5.41) is 12.5. The van der Waals surface area contributed by atoms with Crippen molar-refractivity contribution in [2.24, 2.45) is 11.8 Å². The van der Waals surface area contributed by atoms with Gasteiger partial charge in [-0.05, 0) is 49.9 Å². The lowest BCUT2D eigenvalue weighted by Crippen LogP contribution is -2.41. The number of carboxylic acid groups (broad SMARTS) is 1. The first-order chi connectivity index (χ1) is 8.18. The van der Waals surface area contributed by atoms with Gasteiger partial charge in [0.05, 0.1) is 5.92 Å². The highest BCUT2D eigenvalue weighted by Crippen LogP contribution is 2.24. The minimum absolute atomic E-state index is 0.198. The first kappa shape index (κ1) is 12.1. The van der Waals surface area contributed by atoms with Crippen LogP contribution in [0.1, 0.15) is 17.5 Å². The van der Waals surface area contributed by atoms with Gasteiger partial charge in [-0.3, -0.25) is 4.79 Å². The van der Waals surface area contributed by atoms with Crippen LogP contribution in [-0.4, -0.2) is 24.2 Å². The second-order valence-electron chi connectivity index (χ2n) is 4.83. The third-order valence-corrected chi connectivity index (χ3v) is 3.67. The van der Waals surface area contributed by atoms with Crippen molar-refractivity contribution in [1.82, 2.24) is 5.32 Å². The van der Waals surface area contributed by atoms with Gasteiger partial charge in [0.25, 0.3) is 0 Å². The Morgan fingerprint density at radius 1 is 1.47 bits per heavy atom. The van der Waals surface area contributed by atoms with Crippen LogP contribution in [0.25, 0.3) is 0 Å². The Morgan fingerprint density at radius 3 is 2.94 bits per heavy atom. The molecule has 0 radical (unpaired) electrons. The van der Waals surface area contributed by atoms with E-state index in [9.17, 15) is 9.90 Å². The van der Waals surface area contributed by atoms with Gasteiger partial charge in [0, 0.05) is 0 Å². The van der Waals surface area contributed by atoms with E-state index in [1.165, 1.54) is 11.1 Å². The lowest BCUT2D eigenvalue weighted by molar-refractivity contribution is -0.144. The van der Waals surface area contributed by atoms with E-state index in [0.29, 0.717) is 0 Å². The fourth-order valence-corrected chi connectivity index (χ4v) is 2.58. The molecule has 0 bridgehead atoms. The van der Waals surface area contributed by atoms with Crippen LogP contribution in [-0.2, 0) is 11.2 Å². The van der Waals surface area contributed by atoms with Crippen LogP contribution in [0.4, 0.5) is 0 Å². The van der Waals surface area contributed by atoms with E-state index < -0.39 is 5.97 Å². The number of hydrogen-bond donors (Lipinski definition) is 2. The Morgan fingerprint density at radius 2 is 2.24 bits per heavy atom. The largest absolute Gasteiger partial charge is 0.481 e. The van der Waals surface area contributed by atoms with Crippen LogP contribution >= 0.6 is 0 Å². The quantitative estimate of drug-likeness (QED) is 0.837. The van der Waals surface area contributed by atoms with Crippen LogP contribution in [0.15, 0.2) is 24.3 Å². The highest BCUT2D eigenvalue weighted by Gasteiger charge is 2.30. The maximum absolute atomic E-state index is 11.2. The van der Waals surface area contributed by atoms with Gasteiger partial charge in [-0.2, -0.15) is 0 Å². The van der Waals surface area contributed by atoms with Gasteiger partial charge in [-0.1, -0.05) is 24.3 Å². The number of carbonyl (C=O) groups is 1. The molecule has 2 unspecified atom stereocenters. The summed E-state index contributed by atoms with van der Waals surface area (Å²) >= 11 is 0. The van der Waals surface area contributed by atoms with E-state index in [-0.39, 0.29) is 11.8 Å². The van der Waals surface area contributed by atoms with E-state index in [1.807, 2.05) is 12.1 Å². The third-order valence-electron chi connectivity index (χ3n) is 3.67. The number of nitrogens with one attached hydrogen (secondary N) is 1. The maximum atomic E-state index is 11.2. The zero-order valence-electron chi connectivity index (χ0n) is 10.1. The smallest absolute Gasteiger partial charge is 0.306 e. The third kappa shape index (κ3) is 2.86. The molecule has 1 aromatic carbocycles. The first-order valence-electron chi connectivity index (χ1n) is 6.16. The number of piperidine rings is 1. The molecule has 1 aliphatic heterocycles. The molecule has 0 spiro atoms. The predicted molar refractivity (Wildman–Crippen MR) is 67.0 cm³/mol. The molecule has 17 heavy (non-hydrogen) atoms. The van der Waals surface area contributed by atoms with E-state index in [1.54, 1.807) is 0 Å². The van der Waals surface area contributed by atoms with Gasteiger partial charge in [0.2, 0.25) is 0 Å². The van der Waals surface area contributed by atoms with Gasteiger partial charge < -0.3 is 10.4 Å². The topological polar surface area (TPSA) is 49.3 Å².